The molecule has 0 radical (unpaired) electrons. The van der Waals surface area contributed by atoms with Crippen molar-refractivity contribution in [3.8, 4) is 0 Å². The van der Waals surface area contributed by atoms with E-state index in [1.54, 1.807) is 4.90 Å². The Morgan fingerprint density at radius 2 is 1.57 bits per heavy atom. The number of hydrogen-bond donors (Lipinski definition) is 3. The minimum Gasteiger partial charge on any atom is -0.399 e. The van der Waals surface area contributed by atoms with Gasteiger partial charge in [0.1, 0.15) is 6.04 Å². The van der Waals surface area contributed by atoms with Crippen LogP contribution in [0.4, 0.5) is 11.4 Å². The van der Waals surface area contributed by atoms with Crippen molar-refractivity contribution in [1.29, 1.82) is 0 Å². The summed E-state index contributed by atoms with van der Waals surface area (Å²) in [5, 5.41) is 6.23. The van der Waals surface area contributed by atoms with E-state index in [2.05, 4.69) is 86.0 Å². The molecular formula is C39H48N4O4. The number of nitrogens with one attached hydrogen (secondary N) is 2. The van der Waals surface area contributed by atoms with E-state index in [0.717, 1.165) is 24.2 Å². The average Bonchev–Trinajstić information content (AvgIpc) is 3.69. The van der Waals surface area contributed by atoms with Crippen molar-refractivity contribution in [1.82, 2.24) is 10.2 Å². The van der Waals surface area contributed by atoms with Crippen molar-refractivity contribution in [2.75, 3.05) is 24.4 Å². The molecule has 3 aromatic rings. The summed E-state index contributed by atoms with van der Waals surface area (Å²) in [5.41, 5.74) is 13.9. The van der Waals surface area contributed by atoms with E-state index in [1.165, 1.54) is 27.8 Å². The van der Waals surface area contributed by atoms with Gasteiger partial charge in [0.2, 0.25) is 18.2 Å². The Bertz CT molecular complexity index is 1590. The average molecular weight is 637 g/mol. The van der Waals surface area contributed by atoms with Crippen LogP contribution in [0.15, 0.2) is 78.9 Å². The van der Waals surface area contributed by atoms with Crippen molar-refractivity contribution in [2.45, 2.75) is 89.6 Å². The van der Waals surface area contributed by atoms with Crippen molar-refractivity contribution in [3.63, 3.8) is 0 Å². The topological polar surface area (TPSA) is 106 Å². The molecule has 47 heavy (non-hydrogen) atoms. The van der Waals surface area contributed by atoms with Crippen LogP contribution < -0.4 is 16.4 Å². The first kappa shape index (κ1) is 32.9. The summed E-state index contributed by atoms with van der Waals surface area (Å²) in [7, 11) is 0. The fourth-order valence-electron chi connectivity index (χ4n) is 7.09. The smallest absolute Gasteiger partial charge is 0.247 e. The molecule has 2 fully saturated rings. The second-order valence-corrected chi connectivity index (χ2v) is 14.4. The minimum absolute atomic E-state index is 0.0121. The van der Waals surface area contributed by atoms with Crippen LogP contribution in [0.25, 0.3) is 5.57 Å². The molecule has 2 amide bonds. The third-order valence-electron chi connectivity index (χ3n) is 9.84. The lowest BCUT2D eigenvalue weighted by Crippen LogP contribution is -2.58. The first-order valence-corrected chi connectivity index (χ1v) is 16.9. The lowest BCUT2D eigenvalue weighted by Gasteiger charge is -2.35. The maximum atomic E-state index is 13.5. The van der Waals surface area contributed by atoms with E-state index in [0.29, 0.717) is 13.0 Å². The van der Waals surface area contributed by atoms with Gasteiger partial charge in [0, 0.05) is 23.8 Å². The number of anilines is 2. The maximum Gasteiger partial charge on any atom is 0.247 e. The van der Waals surface area contributed by atoms with Crippen LogP contribution in [0.1, 0.15) is 88.0 Å². The first-order valence-electron chi connectivity index (χ1n) is 16.9. The van der Waals surface area contributed by atoms with Crippen LogP contribution in [0.3, 0.4) is 0 Å². The Morgan fingerprint density at radius 3 is 2.17 bits per heavy atom. The highest BCUT2D eigenvalue weighted by atomic mass is 16.9. The molecule has 2 heterocycles. The molecule has 2 aliphatic heterocycles. The zero-order valence-electron chi connectivity index (χ0n) is 28.2. The number of nitrogens with zero attached hydrogens (tertiary/aromatic N) is 1. The van der Waals surface area contributed by atoms with Gasteiger partial charge in [0.15, 0.2) is 6.79 Å². The van der Waals surface area contributed by atoms with Gasteiger partial charge in [-0.05, 0) is 88.6 Å². The predicted octanol–water partition coefficient (Wildman–Crippen LogP) is 6.75. The normalized spacial score (nSPS) is 22.2. The highest BCUT2D eigenvalue weighted by molar-refractivity contribution is 5.98. The third-order valence-corrected chi connectivity index (χ3v) is 9.84. The summed E-state index contributed by atoms with van der Waals surface area (Å²) in [6, 6.07) is 24.5. The molecule has 3 aliphatic rings. The summed E-state index contributed by atoms with van der Waals surface area (Å²) in [6.07, 6.45) is 4.11. The van der Waals surface area contributed by atoms with Gasteiger partial charge in [-0.15, -0.1) is 0 Å². The molecule has 4 unspecified atom stereocenters. The van der Waals surface area contributed by atoms with Crippen LogP contribution in [0, 0.1) is 5.92 Å². The van der Waals surface area contributed by atoms with Crippen molar-refractivity contribution >= 4 is 28.8 Å². The summed E-state index contributed by atoms with van der Waals surface area (Å²) in [4.78, 5) is 28.8. The molecule has 0 spiro atoms. The van der Waals surface area contributed by atoms with Crippen LogP contribution in [-0.4, -0.2) is 48.5 Å². The molecule has 0 saturated carbocycles. The molecule has 3 aromatic carbocycles. The SMILES string of the molecule is CC(C)C(NC1OCO1)C(=O)N1CCCC1C(=O)Nc1ccc(C2CC=C(c3ccc(N)cc3)C2c2ccc(C(C)(C)C)cc2)cc1. The highest BCUT2D eigenvalue weighted by Gasteiger charge is 2.40. The second kappa shape index (κ2) is 13.6. The number of carbonyl (C=O) groups is 2. The molecule has 8 heteroatoms. The number of allylic oxidation sites excluding steroid dienone is 2. The molecule has 4 atom stereocenters. The maximum absolute atomic E-state index is 13.5. The number of amides is 2. The monoisotopic (exact) mass is 636 g/mol. The van der Waals surface area contributed by atoms with Crippen LogP contribution in [-0.2, 0) is 24.5 Å². The second-order valence-electron chi connectivity index (χ2n) is 14.4. The van der Waals surface area contributed by atoms with E-state index >= 15 is 0 Å². The van der Waals surface area contributed by atoms with Gasteiger partial charge in [-0.1, -0.05) is 89.2 Å². The van der Waals surface area contributed by atoms with Crippen molar-refractivity contribution in [2.24, 2.45) is 5.92 Å². The quantitative estimate of drug-likeness (QED) is 0.224. The molecule has 0 bridgehead atoms. The Labute approximate surface area is 278 Å². The van der Waals surface area contributed by atoms with Crippen LogP contribution >= 0.6 is 0 Å². The van der Waals surface area contributed by atoms with Crippen molar-refractivity contribution < 1.29 is 19.1 Å². The number of carbonyl (C=O) groups excluding carboxylic acids is 2. The zero-order valence-corrected chi connectivity index (χ0v) is 28.2. The van der Waals surface area contributed by atoms with E-state index < -0.39 is 18.5 Å². The van der Waals surface area contributed by atoms with Gasteiger partial charge in [0.25, 0.3) is 0 Å². The van der Waals surface area contributed by atoms with E-state index in [-0.39, 0.29) is 41.8 Å². The largest absolute Gasteiger partial charge is 0.399 e. The number of nitrogens with two attached hydrogens (primary N) is 1. The van der Waals surface area contributed by atoms with Gasteiger partial charge in [-0.25, -0.2) is 0 Å². The summed E-state index contributed by atoms with van der Waals surface area (Å²) >= 11 is 0. The number of benzene rings is 3. The Morgan fingerprint density at radius 1 is 0.915 bits per heavy atom. The number of hydrogen-bond acceptors (Lipinski definition) is 6. The van der Waals surface area contributed by atoms with Crippen LogP contribution in [0.2, 0.25) is 0 Å². The molecule has 2 saturated heterocycles. The molecule has 248 valence electrons. The zero-order chi connectivity index (χ0) is 33.3. The Hall–Kier alpha value is -3.98. The van der Waals surface area contributed by atoms with Gasteiger partial charge >= 0.3 is 0 Å². The van der Waals surface area contributed by atoms with Crippen LogP contribution in [0.5, 0.6) is 0 Å². The lowest BCUT2D eigenvalue weighted by atomic mass is 9.77. The van der Waals surface area contributed by atoms with Gasteiger partial charge in [-0.3, -0.25) is 14.9 Å². The molecule has 6 rings (SSSR count). The molecular weight excluding hydrogens is 588 g/mol. The number of rotatable bonds is 9. The highest BCUT2D eigenvalue weighted by Crippen LogP contribution is 2.50. The number of nitrogen functional groups attached to an aromatic ring is 1. The van der Waals surface area contributed by atoms with E-state index in [4.69, 9.17) is 15.2 Å². The summed E-state index contributed by atoms with van der Waals surface area (Å²) in [6.45, 7) is 11.4. The molecule has 0 aromatic heterocycles. The fourth-order valence-corrected chi connectivity index (χ4v) is 7.09. The third kappa shape index (κ3) is 7.15. The van der Waals surface area contributed by atoms with Crippen molar-refractivity contribution in [3.05, 3.63) is 101 Å². The lowest BCUT2D eigenvalue weighted by molar-refractivity contribution is -0.335. The summed E-state index contributed by atoms with van der Waals surface area (Å²) < 4.78 is 10.6. The standard InChI is InChI=1S/C39H48N4O4/c1-24(2)35(42-38-46-23-47-38)37(45)43-22-6-7-33(43)36(44)41-30-18-12-26(13-19-30)32-21-20-31(25-10-16-29(40)17-11-25)34(32)27-8-14-28(15-9-27)39(3,4)5/h8-20,24,32-35,38,42H,6-7,21-23,40H2,1-5H3,(H,41,44). The minimum atomic E-state index is -0.583. The Kier molecular flexibility index (Phi) is 9.55. The van der Waals surface area contributed by atoms with E-state index in [9.17, 15) is 9.59 Å². The number of ether oxygens (including phenoxy) is 2. The molecule has 4 N–H and O–H groups in total. The van der Waals surface area contributed by atoms with E-state index in [1.807, 2.05) is 38.1 Å². The fraction of sp³-hybridized carbons (Fsp3) is 0.436. The first-order chi connectivity index (χ1) is 22.5. The molecule has 8 nitrogen and oxygen atoms in total. The van der Waals surface area contributed by atoms with Gasteiger partial charge in [0.05, 0.1) is 6.04 Å². The van der Waals surface area contributed by atoms with Gasteiger partial charge in [-0.2, -0.15) is 0 Å². The predicted molar refractivity (Wildman–Crippen MR) is 186 cm³/mol. The summed E-state index contributed by atoms with van der Waals surface area (Å²) in [5.74, 6) is 0.189. The Balaban J connectivity index is 1.18. The van der Waals surface area contributed by atoms with Gasteiger partial charge < -0.3 is 25.4 Å². The number of likely N-dealkylation sites (tertiary alicyclic amines) is 1. The molecule has 1 aliphatic carbocycles.